The predicted molar refractivity (Wildman–Crippen MR) is 97.8 cm³/mol. The van der Waals surface area contributed by atoms with Crippen LogP contribution in [0, 0.1) is 6.92 Å². The molecule has 0 spiro atoms. The van der Waals surface area contributed by atoms with E-state index in [1.807, 2.05) is 35.9 Å². The van der Waals surface area contributed by atoms with E-state index in [0.717, 1.165) is 16.8 Å². The summed E-state index contributed by atoms with van der Waals surface area (Å²) in [6.07, 6.45) is 10.2. The number of nitrogens with one attached hydrogen (secondary N) is 1. The number of nitrogens with zero attached hydrogens (tertiary/aromatic N) is 5. The van der Waals surface area contributed by atoms with Crippen LogP contribution in [0.1, 0.15) is 21.5 Å². The fraction of sp³-hybridized carbons (Fsp3) is 0.105. The zero-order valence-corrected chi connectivity index (χ0v) is 14.1. The highest BCUT2D eigenvalue weighted by Gasteiger charge is 2.11. The summed E-state index contributed by atoms with van der Waals surface area (Å²) in [5, 5.41) is 2.83. The van der Waals surface area contributed by atoms with Gasteiger partial charge in [-0.2, -0.15) is 0 Å². The molecule has 0 radical (unpaired) electrons. The molecule has 4 aromatic rings. The van der Waals surface area contributed by atoms with Crippen molar-refractivity contribution in [1.82, 2.24) is 24.5 Å². The Morgan fingerprint density at radius 2 is 2.04 bits per heavy atom. The second-order valence-corrected chi connectivity index (χ2v) is 6.01. The fourth-order valence-corrected chi connectivity index (χ4v) is 2.70. The minimum absolute atomic E-state index is 0.242. The van der Waals surface area contributed by atoms with Crippen LogP contribution in [0.25, 0.3) is 11.2 Å². The number of carbonyl (C=O) groups excluding carboxylic acids is 1. The van der Waals surface area contributed by atoms with Crippen LogP contribution in [-0.4, -0.2) is 30.4 Å². The van der Waals surface area contributed by atoms with Crippen LogP contribution in [0.5, 0.6) is 0 Å². The number of amides is 1. The van der Waals surface area contributed by atoms with Crippen LogP contribution in [0.2, 0.25) is 0 Å². The molecule has 0 saturated heterocycles. The standard InChI is InChI=1S/C19H16N6O/c1-13-5-16(10-21-7-13)24-19(26)15-6-17-18(22-9-15)25(12-23-17)11-14-3-2-4-20-8-14/h2-10,12H,11H2,1H3,(H,24,26). The lowest BCUT2D eigenvalue weighted by atomic mass is 10.2. The van der Waals surface area contributed by atoms with Gasteiger partial charge in [0.15, 0.2) is 5.65 Å². The molecule has 0 aliphatic heterocycles. The van der Waals surface area contributed by atoms with Crippen molar-refractivity contribution in [2.45, 2.75) is 13.5 Å². The lowest BCUT2D eigenvalue weighted by molar-refractivity contribution is 0.102. The summed E-state index contributed by atoms with van der Waals surface area (Å²) in [6, 6.07) is 7.49. The number of hydrogen-bond acceptors (Lipinski definition) is 5. The highest BCUT2D eigenvalue weighted by Crippen LogP contribution is 2.15. The molecule has 4 aromatic heterocycles. The van der Waals surface area contributed by atoms with Crippen molar-refractivity contribution in [3.05, 3.63) is 78.3 Å². The third-order valence-electron chi connectivity index (χ3n) is 3.93. The number of rotatable bonds is 4. The third-order valence-corrected chi connectivity index (χ3v) is 3.93. The van der Waals surface area contributed by atoms with Crippen LogP contribution < -0.4 is 5.32 Å². The molecule has 0 fully saturated rings. The van der Waals surface area contributed by atoms with Gasteiger partial charge >= 0.3 is 0 Å². The van der Waals surface area contributed by atoms with E-state index in [2.05, 4.69) is 25.3 Å². The van der Waals surface area contributed by atoms with E-state index < -0.39 is 0 Å². The molecule has 4 rings (SSSR count). The molecule has 26 heavy (non-hydrogen) atoms. The Hall–Kier alpha value is -3.61. The summed E-state index contributed by atoms with van der Waals surface area (Å²) in [5.74, 6) is -0.242. The van der Waals surface area contributed by atoms with Gasteiger partial charge in [-0.1, -0.05) is 6.07 Å². The Bertz CT molecular complexity index is 1070. The third kappa shape index (κ3) is 3.27. The van der Waals surface area contributed by atoms with Crippen molar-refractivity contribution in [3.8, 4) is 0 Å². The summed E-state index contributed by atoms with van der Waals surface area (Å²) in [7, 11) is 0. The van der Waals surface area contributed by atoms with E-state index in [1.165, 1.54) is 0 Å². The highest BCUT2D eigenvalue weighted by atomic mass is 16.1. The van der Waals surface area contributed by atoms with Gasteiger partial charge in [0.25, 0.3) is 5.91 Å². The van der Waals surface area contributed by atoms with Gasteiger partial charge < -0.3 is 9.88 Å². The van der Waals surface area contributed by atoms with Crippen LogP contribution in [0.15, 0.2) is 61.6 Å². The van der Waals surface area contributed by atoms with Crippen LogP contribution >= 0.6 is 0 Å². The summed E-state index contributed by atoms with van der Waals surface area (Å²) in [5.41, 5.74) is 4.53. The Balaban J connectivity index is 1.57. The monoisotopic (exact) mass is 344 g/mol. The van der Waals surface area contributed by atoms with Crippen molar-refractivity contribution in [2.75, 3.05) is 5.32 Å². The first-order valence-corrected chi connectivity index (χ1v) is 8.12. The predicted octanol–water partition coefficient (Wildman–Crippen LogP) is 2.83. The van der Waals surface area contributed by atoms with Crippen molar-refractivity contribution in [1.29, 1.82) is 0 Å². The molecule has 0 saturated carbocycles. The van der Waals surface area contributed by atoms with Gasteiger partial charge in [0.2, 0.25) is 0 Å². The highest BCUT2D eigenvalue weighted by molar-refractivity contribution is 6.05. The Morgan fingerprint density at radius 1 is 1.12 bits per heavy atom. The van der Waals surface area contributed by atoms with E-state index in [4.69, 9.17) is 0 Å². The van der Waals surface area contributed by atoms with Gasteiger partial charge in [-0.25, -0.2) is 9.97 Å². The van der Waals surface area contributed by atoms with Crippen molar-refractivity contribution < 1.29 is 4.79 Å². The maximum absolute atomic E-state index is 12.4. The quantitative estimate of drug-likeness (QED) is 0.615. The van der Waals surface area contributed by atoms with Gasteiger partial charge in [0.05, 0.1) is 30.3 Å². The molecule has 0 unspecified atom stereocenters. The van der Waals surface area contributed by atoms with Gasteiger partial charge in [-0.05, 0) is 36.2 Å². The second-order valence-electron chi connectivity index (χ2n) is 6.01. The molecule has 0 atom stereocenters. The van der Waals surface area contributed by atoms with Crippen molar-refractivity contribution >= 4 is 22.8 Å². The van der Waals surface area contributed by atoms with Crippen LogP contribution in [0.4, 0.5) is 5.69 Å². The van der Waals surface area contributed by atoms with E-state index in [-0.39, 0.29) is 5.91 Å². The first kappa shape index (κ1) is 15.9. The fourth-order valence-electron chi connectivity index (χ4n) is 2.70. The van der Waals surface area contributed by atoms with Crippen LogP contribution in [-0.2, 0) is 6.54 Å². The average Bonchev–Trinajstić information content (AvgIpc) is 3.05. The Labute approximate surface area is 149 Å². The van der Waals surface area contributed by atoms with Gasteiger partial charge in [-0.15, -0.1) is 0 Å². The molecule has 0 aliphatic carbocycles. The molecule has 1 N–H and O–H groups in total. The van der Waals surface area contributed by atoms with E-state index in [9.17, 15) is 4.79 Å². The van der Waals surface area contributed by atoms with Gasteiger partial charge in [0, 0.05) is 24.8 Å². The summed E-state index contributed by atoms with van der Waals surface area (Å²) < 4.78 is 1.93. The molecule has 0 aliphatic rings. The van der Waals surface area contributed by atoms with Gasteiger partial charge in [-0.3, -0.25) is 14.8 Å². The zero-order chi connectivity index (χ0) is 17.9. The molecule has 0 aromatic carbocycles. The Kier molecular flexibility index (Phi) is 4.10. The molecule has 7 heteroatoms. The number of fused-ring (bicyclic) bond motifs is 1. The molecule has 7 nitrogen and oxygen atoms in total. The van der Waals surface area contributed by atoms with E-state index >= 15 is 0 Å². The molecule has 1 amide bonds. The number of imidazole rings is 1. The number of pyridine rings is 3. The lowest BCUT2D eigenvalue weighted by Gasteiger charge is -2.06. The topological polar surface area (TPSA) is 85.6 Å². The second kappa shape index (κ2) is 6.72. The van der Waals surface area contributed by atoms with Crippen molar-refractivity contribution in [3.63, 3.8) is 0 Å². The Morgan fingerprint density at radius 3 is 2.85 bits per heavy atom. The number of aryl methyl sites for hydroxylation is 1. The van der Waals surface area contributed by atoms with Gasteiger partial charge in [0.1, 0.15) is 5.52 Å². The van der Waals surface area contributed by atoms with Crippen LogP contribution in [0.3, 0.4) is 0 Å². The summed E-state index contributed by atoms with van der Waals surface area (Å²) in [6.45, 7) is 2.54. The smallest absolute Gasteiger partial charge is 0.257 e. The van der Waals surface area contributed by atoms with E-state index in [1.54, 1.807) is 37.2 Å². The van der Waals surface area contributed by atoms with Crippen molar-refractivity contribution in [2.24, 2.45) is 0 Å². The maximum Gasteiger partial charge on any atom is 0.257 e. The number of hydrogen-bond donors (Lipinski definition) is 1. The largest absolute Gasteiger partial charge is 0.321 e. The summed E-state index contributed by atoms with van der Waals surface area (Å²) in [4.78, 5) is 29.4. The maximum atomic E-state index is 12.4. The molecular weight excluding hydrogens is 328 g/mol. The molecule has 0 bridgehead atoms. The number of aromatic nitrogens is 5. The average molecular weight is 344 g/mol. The normalized spacial score (nSPS) is 10.8. The molecule has 128 valence electrons. The van der Waals surface area contributed by atoms with E-state index in [0.29, 0.717) is 23.3 Å². The minimum Gasteiger partial charge on any atom is -0.321 e. The molecule has 4 heterocycles. The number of anilines is 1. The zero-order valence-electron chi connectivity index (χ0n) is 14.1. The lowest BCUT2D eigenvalue weighted by Crippen LogP contribution is -2.12. The summed E-state index contributed by atoms with van der Waals surface area (Å²) >= 11 is 0. The first-order valence-electron chi connectivity index (χ1n) is 8.12. The minimum atomic E-state index is -0.242. The number of carbonyl (C=O) groups is 1. The first-order chi connectivity index (χ1) is 12.7. The SMILES string of the molecule is Cc1cncc(NC(=O)c2cnc3c(c2)ncn3Cc2cccnc2)c1. The molecular formula is C19H16N6O.